The molecule has 0 spiro atoms. The van der Waals surface area contributed by atoms with Gasteiger partial charge in [0.05, 0.1) is 6.42 Å². The van der Waals surface area contributed by atoms with Gasteiger partial charge in [-0.25, -0.2) is 0 Å². The van der Waals surface area contributed by atoms with E-state index in [4.69, 9.17) is 4.74 Å². The summed E-state index contributed by atoms with van der Waals surface area (Å²) in [7, 11) is 0. The van der Waals surface area contributed by atoms with Crippen LogP contribution in [0.15, 0.2) is 0 Å². The normalized spacial score (nSPS) is 18.7. The third kappa shape index (κ3) is 5.78. The molecule has 1 N–H and O–H groups in total. The molecule has 0 heterocycles. The predicted octanol–water partition coefficient (Wildman–Crippen LogP) is 2.11. The predicted molar refractivity (Wildman–Crippen MR) is 60.7 cm³/mol. The Morgan fingerprint density at radius 1 is 1.47 bits per heavy atom. The van der Waals surface area contributed by atoms with E-state index < -0.39 is 0 Å². The van der Waals surface area contributed by atoms with E-state index in [1.165, 1.54) is 12.8 Å². The van der Waals surface area contributed by atoms with Gasteiger partial charge in [0.2, 0.25) is 0 Å². The van der Waals surface area contributed by atoms with Crippen LogP contribution in [0.1, 0.15) is 47.0 Å². The fourth-order valence-corrected chi connectivity index (χ4v) is 1.56. The monoisotopic (exact) mass is 213 g/mol. The first-order chi connectivity index (χ1) is 6.88. The van der Waals surface area contributed by atoms with Crippen molar-refractivity contribution >= 4 is 5.97 Å². The Kier molecular flexibility index (Phi) is 4.14. The molecule has 1 saturated carbocycles. The second-order valence-corrected chi connectivity index (χ2v) is 5.42. The molecule has 3 heteroatoms. The molecule has 0 bridgehead atoms. The van der Waals surface area contributed by atoms with Gasteiger partial charge in [0, 0.05) is 12.6 Å². The number of hydrogen-bond acceptors (Lipinski definition) is 3. The number of hydrogen-bond donors (Lipinski definition) is 1. The molecule has 1 aliphatic carbocycles. The number of nitrogens with one attached hydrogen (secondary N) is 1. The van der Waals surface area contributed by atoms with E-state index in [9.17, 15) is 4.79 Å². The molecule has 1 rings (SSSR count). The van der Waals surface area contributed by atoms with E-state index in [0.717, 1.165) is 12.5 Å². The Morgan fingerprint density at radius 3 is 2.53 bits per heavy atom. The molecule has 1 aliphatic rings. The van der Waals surface area contributed by atoms with Crippen LogP contribution in [-0.4, -0.2) is 24.2 Å². The van der Waals surface area contributed by atoms with Crippen LogP contribution in [-0.2, 0) is 9.53 Å². The minimum atomic E-state index is -0.362. The standard InChI is InChI=1S/C12H23NO2/c1-9(10-5-6-10)13-8-7-11(14)15-12(2,3)4/h9-10,13H,5-8H2,1-4H3. The van der Waals surface area contributed by atoms with Crippen molar-refractivity contribution in [2.45, 2.75) is 58.6 Å². The zero-order valence-corrected chi connectivity index (χ0v) is 10.3. The number of esters is 1. The van der Waals surface area contributed by atoms with Crippen LogP contribution >= 0.6 is 0 Å². The van der Waals surface area contributed by atoms with Crippen molar-refractivity contribution in [2.24, 2.45) is 5.92 Å². The smallest absolute Gasteiger partial charge is 0.307 e. The molecular formula is C12H23NO2. The SMILES string of the molecule is CC(NCCC(=O)OC(C)(C)C)C1CC1. The average molecular weight is 213 g/mol. The summed E-state index contributed by atoms with van der Waals surface area (Å²) in [6, 6.07) is 0.549. The number of carbonyl (C=O) groups excluding carboxylic acids is 1. The minimum Gasteiger partial charge on any atom is -0.460 e. The molecule has 0 aromatic carbocycles. The molecule has 88 valence electrons. The maximum atomic E-state index is 11.4. The first-order valence-corrected chi connectivity index (χ1v) is 5.84. The van der Waals surface area contributed by atoms with Gasteiger partial charge in [-0.05, 0) is 46.5 Å². The zero-order valence-electron chi connectivity index (χ0n) is 10.3. The van der Waals surface area contributed by atoms with Gasteiger partial charge in [-0.2, -0.15) is 0 Å². The quantitative estimate of drug-likeness (QED) is 0.711. The Hall–Kier alpha value is -0.570. The van der Waals surface area contributed by atoms with Gasteiger partial charge in [-0.15, -0.1) is 0 Å². The molecule has 0 aromatic heterocycles. The van der Waals surface area contributed by atoms with Crippen molar-refractivity contribution in [1.82, 2.24) is 5.32 Å². The largest absolute Gasteiger partial charge is 0.460 e. The van der Waals surface area contributed by atoms with Crippen LogP contribution in [0, 0.1) is 5.92 Å². The fraction of sp³-hybridized carbons (Fsp3) is 0.917. The highest BCUT2D eigenvalue weighted by Crippen LogP contribution is 2.32. The van der Waals surface area contributed by atoms with Gasteiger partial charge in [-0.3, -0.25) is 4.79 Å². The Bertz CT molecular complexity index is 216. The summed E-state index contributed by atoms with van der Waals surface area (Å²) in [5.41, 5.74) is -0.362. The molecule has 1 fully saturated rings. The average Bonchev–Trinajstić information content (AvgIpc) is 2.81. The van der Waals surface area contributed by atoms with Crippen LogP contribution in [0.25, 0.3) is 0 Å². The highest BCUT2D eigenvalue weighted by atomic mass is 16.6. The second-order valence-electron chi connectivity index (χ2n) is 5.42. The highest BCUT2D eigenvalue weighted by molar-refractivity contribution is 5.70. The van der Waals surface area contributed by atoms with E-state index in [1.807, 2.05) is 20.8 Å². The highest BCUT2D eigenvalue weighted by Gasteiger charge is 2.27. The van der Waals surface area contributed by atoms with E-state index in [-0.39, 0.29) is 11.6 Å². The van der Waals surface area contributed by atoms with Gasteiger partial charge in [0.1, 0.15) is 5.60 Å². The van der Waals surface area contributed by atoms with Crippen molar-refractivity contribution in [3.63, 3.8) is 0 Å². The van der Waals surface area contributed by atoms with E-state index >= 15 is 0 Å². The third-order valence-corrected chi connectivity index (χ3v) is 2.54. The molecule has 0 aromatic rings. The summed E-state index contributed by atoms with van der Waals surface area (Å²) in [6.45, 7) is 8.60. The van der Waals surface area contributed by atoms with E-state index in [1.54, 1.807) is 0 Å². The lowest BCUT2D eigenvalue weighted by Gasteiger charge is -2.20. The summed E-state index contributed by atoms with van der Waals surface area (Å²) in [5, 5.41) is 3.36. The van der Waals surface area contributed by atoms with Gasteiger partial charge >= 0.3 is 5.97 Å². The van der Waals surface area contributed by atoms with Gasteiger partial charge < -0.3 is 10.1 Å². The number of ether oxygens (including phenoxy) is 1. The number of carbonyl (C=O) groups is 1. The van der Waals surface area contributed by atoms with Crippen LogP contribution in [0.5, 0.6) is 0 Å². The first kappa shape index (κ1) is 12.5. The Morgan fingerprint density at radius 2 is 2.07 bits per heavy atom. The molecule has 0 aliphatic heterocycles. The first-order valence-electron chi connectivity index (χ1n) is 5.84. The topological polar surface area (TPSA) is 38.3 Å². The lowest BCUT2D eigenvalue weighted by atomic mass is 10.2. The summed E-state index contributed by atoms with van der Waals surface area (Å²) >= 11 is 0. The Balaban J connectivity index is 2.06. The molecule has 0 saturated heterocycles. The zero-order chi connectivity index (χ0) is 11.5. The molecule has 0 amide bonds. The molecule has 1 atom stereocenters. The van der Waals surface area contributed by atoms with E-state index in [0.29, 0.717) is 12.5 Å². The van der Waals surface area contributed by atoms with Crippen molar-refractivity contribution in [3.05, 3.63) is 0 Å². The maximum absolute atomic E-state index is 11.4. The number of rotatable bonds is 5. The minimum absolute atomic E-state index is 0.113. The van der Waals surface area contributed by atoms with Crippen LogP contribution in [0.2, 0.25) is 0 Å². The fourth-order valence-electron chi connectivity index (χ4n) is 1.56. The molecule has 1 unspecified atom stereocenters. The summed E-state index contributed by atoms with van der Waals surface area (Å²) in [5.74, 6) is 0.724. The van der Waals surface area contributed by atoms with Gasteiger partial charge in [-0.1, -0.05) is 0 Å². The lowest BCUT2D eigenvalue weighted by molar-refractivity contribution is -0.154. The third-order valence-electron chi connectivity index (χ3n) is 2.54. The van der Waals surface area contributed by atoms with Crippen molar-refractivity contribution < 1.29 is 9.53 Å². The van der Waals surface area contributed by atoms with Crippen LogP contribution < -0.4 is 5.32 Å². The summed E-state index contributed by atoms with van der Waals surface area (Å²) in [6.07, 6.45) is 3.13. The lowest BCUT2D eigenvalue weighted by Crippen LogP contribution is -2.32. The van der Waals surface area contributed by atoms with Gasteiger partial charge in [0.15, 0.2) is 0 Å². The van der Waals surface area contributed by atoms with Crippen molar-refractivity contribution in [2.75, 3.05) is 6.54 Å². The molecule has 15 heavy (non-hydrogen) atoms. The summed E-state index contributed by atoms with van der Waals surface area (Å²) < 4.78 is 5.22. The molecule has 0 radical (unpaired) electrons. The summed E-state index contributed by atoms with van der Waals surface area (Å²) in [4.78, 5) is 11.4. The van der Waals surface area contributed by atoms with Gasteiger partial charge in [0.25, 0.3) is 0 Å². The van der Waals surface area contributed by atoms with Crippen LogP contribution in [0.3, 0.4) is 0 Å². The molecular weight excluding hydrogens is 190 g/mol. The maximum Gasteiger partial charge on any atom is 0.307 e. The van der Waals surface area contributed by atoms with E-state index in [2.05, 4.69) is 12.2 Å². The second kappa shape index (κ2) is 4.97. The molecule has 3 nitrogen and oxygen atoms in total. The van der Waals surface area contributed by atoms with Crippen LogP contribution in [0.4, 0.5) is 0 Å². The van der Waals surface area contributed by atoms with Crippen molar-refractivity contribution in [3.8, 4) is 0 Å². The Labute approximate surface area is 92.6 Å². The van der Waals surface area contributed by atoms with Crippen molar-refractivity contribution in [1.29, 1.82) is 0 Å².